The fraction of sp³-hybridized carbons (Fsp3) is 0.400. The topological polar surface area (TPSA) is 69.7 Å². The first-order chi connectivity index (χ1) is 11.7. The minimum absolute atomic E-state index is 0.141. The van der Waals surface area contributed by atoms with Gasteiger partial charge in [-0.25, -0.2) is 0 Å². The number of aliphatic hydroxyl groups excluding tert-OH is 1. The Kier molecular flexibility index (Phi) is 5.31. The van der Waals surface area contributed by atoms with Gasteiger partial charge in [-0.15, -0.1) is 0 Å². The Labute approximate surface area is 143 Å². The zero-order chi connectivity index (χ0) is 17.0. The number of rotatable bonds is 6. The van der Waals surface area contributed by atoms with E-state index in [9.17, 15) is 10.2 Å². The smallest absolute Gasteiger partial charge is 0.131 e. The largest absolute Gasteiger partial charge is 0.395 e. The normalized spacial score (nSPS) is 20.2. The van der Waals surface area contributed by atoms with E-state index in [1.807, 2.05) is 60.7 Å². The molecule has 1 aliphatic rings. The highest BCUT2D eigenvalue weighted by molar-refractivity contribution is 5.38. The van der Waals surface area contributed by atoms with Crippen molar-refractivity contribution >= 4 is 0 Å². The number of nitrogens with zero attached hydrogens (tertiary/aromatic N) is 1. The first kappa shape index (κ1) is 17.1. The molecule has 4 nitrogen and oxygen atoms in total. The fourth-order valence-electron chi connectivity index (χ4n) is 3.71. The van der Waals surface area contributed by atoms with E-state index in [0.717, 1.165) is 30.5 Å². The molecule has 0 aliphatic carbocycles. The van der Waals surface area contributed by atoms with Gasteiger partial charge in [0, 0.05) is 12.6 Å². The maximum absolute atomic E-state index is 11.6. The molecule has 1 fully saturated rings. The maximum Gasteiger partial charge on any atom is 0.131 e. The van der Waals surface area contributed by atoms with Gasteiger partial charge < -0.3 is 15.9 Å². The van der Waals surface area contributed by atoms with Gasteiger partial charge in [-0.3, -0.25) is 4.90 Å². The molecular formula is C20H26N2O2. The lowest BCUT2D eigenvalue weighted by molar-refractivity contribution is 0.0306. The van der Waals surface area contributed by atoms with Gasteiger partial charge in [0.05, 0.1) is 12.6 Å². The average molecular weight is 326 g/mol. The molecule has 2 atom stereocenters. The molecule has 1 heterocycles. The average Bonchev–Trinajstić information content (AvgIpc) is 3.09. The molecular weight excluding hydrogens is 300 g/mol. The Morgan fingerprint density at radius 3 is 2.08 bits per heavy atom. The van der Waals surface area contributed by atoms with Crippen molar-refractivity contribution in [1.82, 2.24) is 4.90 Å². The number of hydrogen-bond acceptors (Lipinski definition) is 4. The molecule has 4 heteroatoms. The van der Waals surface area contributed by atoms with Gasteiger partial charge >= 0.3 is 0 Å². The number of benzene rings is 2. The fourth-order valence-corrected chi connectivity index (χ4v) is 3.71. The third-order valence-electron chi connectivity index (χ3n) is 5.11. The molecule has 2 aromatic carbocycles. The molecule has 1 saturated heterocycles. The van der Waals surface area contributed by atoms with Gasteiger partial charge in [0.25, 0.3) is 0 Å². The van der Waals surface area contributed by atoms with E-state index in [4.69, 9.17) is 5.73 Å². The lowest BCUT2D eigenvalue weighted by atomic mass is 9.80. The highest BCUT2D eigenvalue weighted by Gasteiger charge is 2.40. The van der Waals surface area contributed by atoms with Gasteiger partial charge in [-0.1, -0.05) is 60.7 Å². The SMILES string of the molecule is N[C@@H](CN1CCCC1CO)C(O)(c1ccccc1)c1ccccc1. The van der Waals surface area contributed by atoms with Crippen LogP contribution in [0.3, 0.4) is 0 Å². The standard InChI is InChI=1S/C20H26N2O2/c21-19(14-22-13-7-12-18(22)15-23)20(24,16-8-3-1-4-9-16)17-10-5-2-6-11-17/h1-6,8-11,18-19,23-24H,7,12-15,21H2/t18?,19-/m0/s1. The minimum atomic E-state index is -1.26. The van der Waals surface area contributed by atoms with E-state index >= 15 is 0 Å². The summed E-state index contributed by atoms with van der Waals surface area (Å²) in [6, 6.07) is 18.9. The third-order valence-corrected chi connectivity index (χ3v) is 5.11. The number of aliphatic hydroxyl groups is 2. The summed E-state index contributed by atoms with van der Waals surface area (Å²) >= 11 is 0. The van der Waals surface area contributed by atoms with Crippen LogP contribution in [-0.4, -0.2) is 46.9 Å². The van der Waals surface area contributed by atoms with Crippen LogP contribution in [-0.2, 0) is 5.60 Å². The quantitative estimate of drug-likeness (QED) is 0.756. The second kappa shape index (κ2) is 7.45. The van der Waals surface area contributed by atoms with Crippen LogP contribution in [0.5, 0.6) is 0 Å². The molecule has 0 saturated carbocycles. The first-order valence-electron chi connectivity index (χ1n) is 8.60. The molecule has 128 valence electrons. The summed E-state index contributed by atoms with van der Waals surface area (Å²) < 4.78 is 0. The summed E-state index contributed by atoms with van der Waals surface area (Å²) in [5.41, 5.74) is 6.87. The van der Waals surface area contributed by atoms with Gasteiger partial charge in [-0.05, 0) is 30.5 Å². The third kappa shape index (κ3) is 3.23. The van der Waals surface area contributed by atoms with Crippen LogP contribution in [0.4, 0.5) is 0 Å². The molecule has 4 N–H and O–H groups in total. The second-order valence-corrected chi connectivity index (χ2v) is 6.58. The van der Waals surface area contributed by atoms with Gasteiger partial charge in [0.2, 0.25) is 0 Å². The highest BCUT2D eigenvalue weighted by atomic mass is 16.3. The van der Waals surface area contributed by atoms with Crippen LogP contribution < -0.4 is 5.73 Å². The zero-order valence-electron chi connectivity index (χ0n) is 13.9. The highest BCUT2D eigenvalue weighted by Crippen LogP contribution is 2.33. The van der Waals surface area contributed by atoms with E-state index in [2.05, 4.69) is 4.90 Å². The van der Waals surface area contributed by atoms with Gasteiger partial charge in [0.1, 0.15) is 5.60 Å². The molecule has 1 aliphatic heterocycles. The van der Waals surface area contributed by atoms with Crippen LogP contribution in [0.1, 0.15) is 24.0 Å². The molecule has 0 spiro atoms. The van der Waals surface area contributed by atoms with Crippen molar-refractivity contribution in [3.63, 3.8) is 0 Å². The Morgan fingerprint density at radius 2 is 1.58 bits per heavy atom. The number of nitrogens with two attached hydrogens (primary N) is 1. The monoisotopic (exact) mass is 326 g/mol. The van der Waals surface area contributed by atoms with Crippen molar-refractivity contribution in [3.05, 3.63) is 71.8 Å². The maximum atomic E-state index is 11.6. The lowest BCUT2D eigenvalue weighted by Gasteiger charge is -2.38. The van der Waals surface area contributed by atoms with Crippen molar-refractivity contribution < 1.29 is 10.2 Å². The Balaban J connectivity index is 1.93. The van der Waals surface area contributed by atoms with E-state index in [-0.39, 0.29) is 12.6 Å². The molecule has 0 amide bonds. The summed E-state index contributed by atoms with van der Waals surface area (Å²) in [6.45, 7) is 1.60. The predicted octanol–water partition coefficient (Wildman–Crippen LogP) is 1.71. The Bertz CT molecular complexity index is 593. The number of likely N-dealkylation sites (tertiary alicyclic amines) is 1. The van der Waals surface area contributed by atoms with Crippen LogP contribution in [0.15, 0.2) is 60.7 Å². The first-order valence-corrected chi connectivity index (χ1v) is 8.60. The molecule has 0 aromatic heterocycles. The summed E-state index contributed by atoms with van der Waals surface area (Å²) in [4.78, 5) is 2.20. The van der Waals surface area contributed by atoms with Crippen molar-refractivity contribution in [3.8, 4) is 0 Å². The van der Waals surface area contributed by atoms with Crippen molar-refractivity contribution in [2.45, 2.75) is 30.5 Å². The van der Waals surface area contributed by atoms with Crippen molar-refractivity contribution in [2.24, 2.45) is 5.73 Å². The summed E-state index contributed by atoms with van der Waals surface area (Å²) in [5, 5.41) is 21.2. The lowest BCUT2D eigenvalue weighted by Crippen LogP contribution is -2.53. The summed E-state index contributed by atoms with van der Waals surface area (Å²) in [7, 11) is 0. The molecule has 2 aromatic rings. The molecule has 0 bridgehead atoms. The van der Waals surface area contributed by atoms with Crippen LogP contribution >= 0.6 is 0 Å². The van der Waals surface area contributed by atoms with E-state index < -0.39 is 11.6 Å². The summed E-state index contributed by atoms with van der Waals surface area (Å²) in [5.74, 6) is 0. The van der Waals surface area contributed by atoms with Gasteiger partial charge in [0.15, 0.2) is 0 Å². The van der Waals surface area contributed by atoms with E-state index in [0.29, 0.717) is 6.54 Å². The van der Waals surface area contributed by atoms with Crippen molar-refractivity contribution in [1.29, 1.82) is 0 Å². The molecule has 1 unspecified atom stereocenters. The Hall–Kier alpha value is -1.72. The molecule has 24 heavy (non-hydrogen) atoms. The van der Waals surface area contributed by atoms with Crippen LogP contribution in [0.2, 0.25) is 0 Å². The predicted molar refractivity (Wildman–Crippen MR) is 95.5 cm³/mol. The Morgan fingerprint density at radius 1 is 1.04 bits per heavy atom. The van der Waals surface area contributed by atoms with E-state index in [1.54, 1.807) is 0 Å². The minimum Gasteiger partial charge on any atom is -0.395 e. The van der Waals surface area contributed by atoms with Crippen LogP contribution in [0, 0.1) is 0 Å². The molecule has 3 rings (SSSR count). The second-order valence-electron chi connectivity index (χ2n) is 6.58. The number of hydrogen-bond donors (Lipinski definition) is 3. The summed E-state index contributed by atoms with van der Waals surface area (Å²) in [6.07, 6.45) is 2.05. The van der Waals surface area contributed by atoms with Gasteiger partial charge in [-0.2, -0.15) is 0 Å². The van der Waals surface area contributed by atoms with Crippen LogP contribution in [0.25, 0.3) is 0 Å². The molecule has 0 radical (unpaired) electrons. The zero-order valence-corrected chi connectivity index (χ0v) is 13.9. The van der Waals surface area contributed by atoms with E-state index in [1.165, 1.54) is 0 Å². The van der Waals surface area contributed by atoms with Crippen molar-refractivity contribution in [2.75, 3.05) is 19.7 Å².